The summed E-state index contributed by atoms with van der Waals surface area (Å²) in [5, 5.41) is 19.6. The SMILES string of the molecule is CC(C)[C@H](C=O)NC(=O)[C@@H](NC(=O)CNC(=O)[C@H](CCC(N)=O)NC(=O)[C@@H](Cc1c[nH]c2ccccc12)NC(=O)[C@@H](Cc1c[nH]c2ccccc12)NC(=O)[C@H](CCCN=C(N)N)NC(=O)[C@H](N)CC(N)=O)C(C)C. The molecule has 74 heavy (non-hydrogen) atoms. The van der Waals surface area contributed by atoms with Crippen LogP contribution in [0.5, 0.6) is 0 Å². The molecule has 7 atom stereocenters. The van der Waals surface area contributed by atoms with Gasteiger partial charge in [-0.15, -0.1) is 0 Å². The number of nitrogens with zero attached hydrogens (tertiary/aromatic N) is 1. The summed E-state index contributed by atoms with van der Waals surface area (Å²) in [6.45, 7) is 6.23. The van der Waals surface area contributed by atoms with Crippen LogP contribution in [0.2, 0.25) is 0 Å². The Labute approximate surface area is 426 Å². The number of aromatic nitrogens is 2. The van der Waals surface area contributed by atoms with E-state index in [-0.39, 0.29) is 56.9 Å². The molecule has 0 saturated carbocycles. The van der Waals surface area contributed by atoms with E-state index in [0.717, 1.165) is 5.52 Å². The number of H-pyrrole nitrogens is 2. The zero-order chi connectivity index (χ0) is 54.6. The molecule has 19 N–H and O–H groups in total. The van der Waals surface area contributed by atoms with Crippen molar-refractivity contribution in [3.8, 4) is 0 Å². The molecule has 0 aliphatic carbocycles. The summed E-state index contributed by atoms with van der Waals surface area (Å²) in [4.78, 5) is 142. The summed E-state index contributed by atoms with van der Waals surface area (Å²) >= 11 is 0. The summed E-state index contributed by atoms with van der Waals surface area (Å²) < 4.78 is 0. The number of hydrogen-bond donors (Lipinski definition) is 14. The predicted octanol–water partition coefficient (Wildman–Crippen LogP) is -2.51. The average Bonchev–Trinajstić information content (AvgIpc) is 3.96. The van der Waals surface area contributed by atoms with Gasteiger partial charge in [0, 0.05) is 60.0 Å². The Hall–Kier alpha value is -8.35. The molecular formula is C49H69N15O10. The number of benzene rings is 2. The van der Waals surface area contributed by atoms with Crippen LogP contribution in [0.3, 0.4) is 0 Å². The van der Waals surface area contributed by atoms with Gasteiger partial charge in [0.25, 0.3) is 0 Å². The van der Waals surface area contributed by atoms with E-state index in [0.29, 0.717) is 33.7 Å². The van der Waals surface area contributed by atoms with Crippen molar-refractivity contribution in [1.29, 1.82) is 0 Å². The summed E-state index contributed by atoms with van der Waals surface area (Å²) in [5.41, 5.74) is 30.2. The lowest BCUT2D eigenvalue weighted by atomic mass is 10.0. The fraction of sp³-hybridized carbons (Fsp3) is 0.449. The Balaban J connectivity index is 1.66. The maximum absolute atomic E-state index is 14.8. The zero-order valence-electron chi connectivity index (χ0n) is 41.8. The lowest BCUT2D eigenvalue weighted by Crippen LogP contribution is -2.60. The minimum atomic E-state index is -1.50. The number of guanidine groups is 1. The molecule has 0 unspecified atom stereocenters. The van der Waals surface area contributed by atoms with E-state index in [1.165, 1.54) is 0 Å². The van der Waals surface area contributed by atoms with Gasteiger partial charge in [-0.25, -0.2) is 0 Å². The van der Waals surface area contributed by atoms with Crippen LogP contribution in [0.25, 0.3) is 21.8 Å². The monoisotopic (exact) mass is 1030 g/mol. The van der Waals surface area contributed by atoms with Gasteiger partial charge < -0.3 is 80.6 Å². The lowest BCUT2D eigenvalue weighted by Gasteiger charge is -2.27. The molecule has 0 bridgehead atoms. The Morgan fingerprint density at radius 1 is 0.595 bits per heavy atom. The van der Waals surface area contributed by atoms with Crippen molar-refractivity contribution in [1.82, 2.24) is 47.2 Å². The molecule has 2 aromatic heterocycles. The average molecular weight is 1030 g/mol. The maximum Gasteiger partial charge on any atom is 0.243 e. The van der Waals surface area contributed by atoms with Crippen LogP contribution in [0.15, 0.2) is 65.9 Å². The molecule has 0 radical (unpaired) electrons. The summed E-state index contributed by atoms with van der Waals surface area (Å²) in [5.74, 6) is -8.35. The zero-order valence-corrected chi connectivity index (χ0v) is 41.8. The first-order chi connectivity index (χ1) is 35.1. The van der Waals surface area contributed by atoms with Crippen LogP contribution in [-0.4, -0.2) is 131 Å². The van der Waals surface area contributed by atoms with Gasteiger partial charge in [-0.1, -0.05) is 64.1 Å². The third-order valence-corrected chi connectivity index (χ3v) is 12.0. The van der Waals surface area contributed by atoms with Gasteiger partial charge in [0.15, 0.2) is 5.96 Å². The molecule has 0 saturated heterocycles. The fourth-order valence-electron chi connectivity index (χ4n) is 7.85. The maximum atomic E-state index is 14.8. The first-order valence-electron chi connectivity index (χ1n) is 24.1. The largest absolute Gasteiger partial charge is 0.370 e. The number of amides is 9. The molecule has 0 aliphatic rings. The predicted molar refractivity (Wildman–Crippen MR) is 274 cm³/mol. The molecule has 4 aromatic rings. The van der Waals surface area contributed by atoms with Crippen LogP contribution < -0.4 is 65.9 Å². The van der Waals surface area contributed by atoms with E-state index < -0.39 is 114 Å². The highest BCUT2D eigenvalue weighted by atomic mass is 16.2. The standard InChI is InChI=1S/C49H69N15O10/c1-25(2)38(24-65)63-48(74)42(26(3)4)64-41(68)23-58-44(70)35(15-16-39(51)66)60-46(72)36(18-27-21-56-32-12-7-5-10-29(27)32)62-47(73)37(19-28-22-57-33-13-8-6-11-30(28)33)61-45(71)34(14-9-17-55-49(53)54)59-43(69)31(50)20-40(52)67/h5-8,10-13,21-22,24-26,31,34-38,42,56-57H,9,14-20,23,50H2,1-4H3,(H2,51,66)(H2,52,67)(H,58,70)(H,59,69)(H,60,72)(H,61,71)(H,62,73)(H,63,74)(H,64,68)(H4,53,54,55)/t31-,34+,35+,36-,37-,38+,42+/m1/s1. The number of para-hydroxylation sites is 2. The Bertz CT molecular complexity index is 2680. The quantitative estimate of drug-likeness (QED) is 0.0111. The number of rotatable bonds is 30. The molecule has 2 aromatic carbocycles. The van der Waals surface area contributed by atoms with Gasteiger partial charge >= 0.3 is 0 Å². The normalized spacial score (nSPS) is 14.0. The van der Waals surface area contributed by atoms with Crippen molar-refractivity contribution in [3.05, 3.63) is 72.1 Å². The number of primary amides is 2. The van der Waals surface area contributed by atoms with Crippen molar-refractivity contribution >= 4 is 87.2 Å². The second-order valence-electron chi connectivity index (χ2n) is 18.5. The topological polar surface area (TPSA) is 429 Å². The van der Waals surface area contributed by atoms with E-state index in [1.807, 2.05) is 6.07 Å². The van der Waals surface area contributed by atoms with Crippen LogP contribution in [-0.2, 0) is 60.8 Å². The van der Waals surface area contributed by atoms with Crippen molar-refractivity contribution in [3.63, 3.8) is 0 Å². The molecular weight excluding hydrogens is 959 g/mol. The number of carbonyl (C=O) groups excluding carboxylic acids is 10. The van der Waals surface area contributed by atoms with E-state index in [4.69, 9.17) is 28.7 Å². The van der Waals surface area contributed by atoms with Crippen molar-refractivity contribution in [2.75, 3.05) is 13.1 Å². The third-order valence-electron chi connectivity index (χ3n) is 12.0. The number of fused-ring (bicyclic) bond motifs is 2. The highest BCUT2D eigenvalue weighted by molar-refractivity contribution is 5.98. The molecule has 0 fully saturated rings. The third kappa shape index (κ3) is 17.7. The number of aliphatic imine (C=N–C) groups is 1. The van der Waals surface area contributed by atoms with Crippen LogP contribution in [0.4, 0.5) is 0 Å². The Morgan fingerprint density at radius 2 is 1.09 bits per heavy atom. The van der Waals surface area contributed by atoms with Crippen LogP contribution in [0, 0.1) is 11.8 Å². The molecule has 4 rings (SSSR count). The second-order valence-corrected chi connectivity index (χ2v) is 18.5. The minimum Gasteiger partial charge on any atom is -0.370 e. The highest BCUT2D eigenvalue weighted by Gasteiger charge is 2.34. The number of carbonyl (C=O) groups is 10. The molecule has 0 spiro atoms. The lowest BCUT2D eigenvalue weighted by molar-refractivity contribution is -0.135. The molecule has 9 amide bonds. The number of hydrogen-bond acceptors (Lipinski definition) is 12. The van der Waals surface area contributed by atoms with Gasteiger partial charge in [-0.3, -0.25) is 48.1 Å². The van der Waals surface area contributed by atoms with Gasteiger partial charge in [-0.2, -0.15) is 0 Å². The Kier molecular flexibility index (Phi) is 22.1. The number of nitrogens with one attached hydrogen (secondary N) is 9. The van der Waals surface area contributed by atoms with Crippen LogP contribution in [0.1, 0.15) is 70.9 Å². The number of aldehydes is 1. The van der Waals surface area contributed by atoms with E-state index in [2.05, 4.69) is 52.2 Å². The van der Waals surface area contributed by atoms with E-state index >= 15 is 0 Å². The molecule has 25 heteroatoms. The first kappa shape index (κ1) is 58.2. The number of nitrogens with two attached hydrogens (primary N) is 5. The molecule has 0 aliphatic heterocycles. The molecule has 2 heterocycles. The number of aromatic amines is 2. The highest BCUT2D eigenvalue weighted by Crippen LogP contribution is 2.22. The van der Waals surface area contributed by atoms with E-state index in [9.17, 15) is 47.9 Å². The second kappa shape index (κ2) is 28.0. The molecule has 25 nitrogen and oxygen atoms in total. The summed E-state index contributed by atoms with van der Waals surface area (Å²) in [6.07, 6.45) is 2.42. The van der Waals surface area contributed by atoms with Gasteiger partial charge in [0.05, 0.1) is 25.0 Å². The summed E-state index contributed by atoms with van der Waals surface area (Å²) in [6, 6.07) is 5.27. The smallest absolute Gasteiger partial charge is 0.243 e. The van der Waals surface area contributed by atoms with Crippen molar-refractivity contribution in [2.45, 2.75) is 115 Å². The minimum absolute atomic E-state index is 0.0600. The summed E-state index contributed by atoms with van der Waals surface area (Å²) in [7, 11) is 0. The van der Waals surface area contributed by atoms with Crippen molar-refractivity contribution in [2.24, 2.45) is 45.5 Å². The van der Waals surface area contributed by atoms with Crippen LogP contribution >= 0.6 is 0 Å². The van der Waals surface area contributed by atoms with Gasteiger partial charge in [0.1, 0.15) is 36.5 Å². The fourth-order valence-corrected chi connectivity index (χ4v) is 7.85. The van der Waals surface area contributed by atoms with E-state index in [1.54, 1.807) is 82.6 Å². The van der Waals surface area contributed by atoms with Crippen molar-refractivity contribution < 1.29 is 47.9 Å². The van der Waals surface area contributed by atoms with Gasteiger partial charge in [0.2, 0.25) is 53.2 Å². The first-order valence-corrected chi connectivity index (χ1v) is 24.1. The Morgan fingerprint density at radius 3 is 1.58 bits per heavy atom. The van der Waals surface area contributed by atoms with Gasteiger partial charge in [-0.05, 0) is 54.4 Å². The molecule has 400 valence electrons.